The number of methoxy groups -OCH3 is 1. The van der Waals surface area contributed by atoms with E-state index in [1.165, 1.54) is 0 Å². The molecule has 6 nitrogen and oxygen atoms in total. The van der Waals surface area contributed by atoms with Crippen LogP contribution in [0.2, 0.25) is 0 Å². The molecule has 0 unspecified atom stereocenters. The largest absolute Gasteiger partial charge is 0.497 e. The highest BCUT2D eigenvalue weighted by atomic mass is 16.5. The smallest absolute Gasteiger partial charge is 0.119 e. The van der Waals surface area contributed by atoms with Crippen LogP contribution >= 0.6 is 0 Å². The summed E-state index contributed by atoms with van der Waals surface area (Å²) in [7, 11) is 1.69. The van der Waals surface area contributed by atoms with Crippen molar-refractivity contribution in [2.45, 2.75) is 0 Å². The fourth-order valence-corrected chi connectivity index (χ4v) is 9.34. The van der Waals surface area contributed by atoms with Crippen molar-refractivity contribution in [3.63, 3.8) is 0 Å². The minimum atomic E-state index is 0.803. The highest BCUT2D eigenvalue weighted by Gasteiger charge is 2.19. The van der Waals surface area contributed by atoms with Crippen molar-refractivity contribution in [1.82, 2.24) is 24.2 Å². The number of benzene rings is 7. The molecular weight excluding hydrogens is 783 g/mol. The maximum absolute atomic E-state index is 5.51. The van der Waals surface area contributed by atoms with Gasteiger partial charge in [-0.1, -0.05) is 140 Å². The summed E-state index contributed by atoms with van der Waals surface area (Å²) in [6, 6.07) is 70.9. The van der Waals surface area contributed by atoms with Crippen molar-refractivity contribution in [2.75, 3.05) is 7.11 Å². The van der Waals surface area contributed by atoms with Crippen LogP contribution in [0.25, 0.3) is 111 Å². The van der Waals surface area contributed by atoms with Gasteiger partial charge in [0, 0.05) is 39.2 Å². The van der Waals surface area contributed by atoms with Gasteiger partial charge in [0.05, 0.1) is 47.3 Å². The fraction of sp³-hybridized carbons (Fsp3) is 0.0172. The lowest BCUT2D eigenvalue weighted by Gasteiger charge is -2.17. The minimum absolute atomic E-state index is 0.803. The normalized spacial score (nSPS) is 11.5. The van der Waals surface area contributed by atoms with E-state index in [0.717, 1.165) is 117 Å². The monoisotopic (exact) mass is 821 g/mol. The summed E-state index contributed by atoms with van der Waals surface area (Å²) in [6.45, 7) is 0. The molecule has 0 N–H and O–H groups in total. The van der Waals surface area contributed by atoms with Crippen LogP contribution < -0.4 is 4.74 Å². The first-order valence-electron chi connectivity index (χ1n) is 21.4. The van der Waals surface area contributed by atoms with Crippen molar-refractivity contribution in [3.8, 4) is 83.8 Å². The van der Waals surface area contributed by atoms with Crippen molar-refractivity contribution < 1.29 is 4.74 Å². The highest BCUT2D eigenvalue weighted by Crippen LogP contribution is 2.43. The van der Waals surface area contributed by atoms with Gasteiger partial charge in [0.2, 0.25) is 0 Å². The lowest BCUT2D eigenvalue weighted by Crippen LogP contribution is -1.93. The Hall–Kier alpha value is -8.61. The zero-order valence-corrected chi connectivity index (χ0v) is 34.9. The second kappa shape index (κ2) is 15.4. The molecule has 0 aliphatic carbocycles. The molecule has 5 heterocycles. The maximum Gasteiger partial charge on any atom is 0.119 e. The summed E-state index contributed by atoms with van der Waals surface area (Å²) >= 11 is 0. The summed E-state index contributed by atoms with van der Waals surface area (Å²) in [6.07, 6.45) is 5.99. The molecule has 64 heavy (non-hydrogen) atoms. The molecule has 0 aliphatic heterocycles. The van der Waals surface area contributed by atoms with E-state index < -0.39 is 0 Å². The van der Waals surface area contributed by atoms with Crippen LogP contribution in [0.5, 0.6) is 5.75 Å². The number of aromatic nitrogens is 5. The Labute approximate surface area is 370 Å². The van der Waals surface area contributed by atoms with E-state index in [1.54, 1.807) is 7.11 Å². The van der Waals surface area contributed by atoms with Crippen LogP contribution in [0.15, 0.2) is 219 Å². The molecule has 0 bridgehead atoms. The van der Waals surface area contributed by atoms with Crippen LogP contribution in [0.1, 0.15) is 0 Å². The molecule has 7 aromatic carbocycles. The summed E-state index contributed by atoms with van der Waals surface area (Å²) in [5, 5.41) is 12.2. The van der Waals surface area contributed by atoms with Crippen LogP contribution in [0, 0.1) is 0 Å². The minimum Gasteiger partial charge on any atom is -0.497 e. The zero-order valence-electron chi connectivity index (χ0n) is 34.9. The van der Waals surface area contributed by atoms with Gasteiger partial charge in [-0.15, -0.1) is 0 Å². The molecule has 0 spiro atoms. The number of fused-ring (bicyclic) bond motifs is 6. The van der Waals surface area contributed by atoms with Crippen molar-refractivity contribution in [1.29, 1.82) is 0 Å². The molecule has 6 heteroatoms. The van der Waals surface area contributed by atoms with Gasteiger partial charge in [0.15, 0.2) is 0 Å². The van der Waals surface area contributed by atoms with Crippen molar-refractivity contribution in [3.05, 3.63) is 219 Å². The van der Waals surface area contributed by atoms with Crippen LogP contribution in [-0.2, 0) is 0 Å². The van der Waals surface area contributed by atoms with Gasteiger partial charge in [-0.2, -0.15) is 10.2 Å². The lowest BCUT2D eigenvalue weighted by molar-refractivity contribution is 0.415. The molecule has 12 aromatic rings. The van der Waals surface area contributed by atoms with Gasteiger partial charge in [-0.25, -0.2) is 9.03 Å². The van der Waals surface area contributed by atoms with Gasteiger partial charge in [-0.05, 0) is 111 Å². The van der Waals surface area contributed by atoms with Gasteiger partial charge in [0.25, 0.3) is 0 Å². The number of nitrogens with zero attached hydrogens (tertiary/aromatic N) is 5. The topological polar surface area (TPSA) is 56.7 Å². The van der Waals surface area contributed by atoms with E-state index in [9.17, 15) is 0 Å². The average Bonchev–Trinajstić information content (AvgIpc) is 4.02. The third-order valence-electron chi connectivity index (χ3n) is 12.5. The lowest BCUT2D eigenvalue weighted by atomic mass is 9.86. The highest BCUT2D eigenvalue weighted by molar-refractivity contribution is 5.99. The number of rotatable bonds is 8. The molecule has 0 atom stereocenters. The molecule has 302 valence electrons. The number of hydrogen-bond donors (Lipinski definition) is 0. The molecule has 0 radical (unpaired) electrons. The first-order chi connectivity index (χ1) is 31.7. The van der Waals surface area contributed by atoms with Gasteiger partial charge >= 0.3 is 0 Å². The Morgan fingerprint density at radius 3 is 1.30 bits per heavy atom. The Balaban J connectivity index is 1.05. The molecule has 0 amide bonds. The van der Waals surface area contributed by atoms with Crippen LogP contribution in [0.4, 0.5) is 0 Å². The van der Waals surface area contributed by atoms with Crippen molar-refractivity contribution in [2.24, 2.45) is 0 Å². The number of para-hydroxylation sites is 2. The zero-order chi connectivity index (χ0) is 42.6. The first kappa shape index (κ1) is 37.2. The van der Waals surface area contributed by atoms with E-state index in [2.05, 4.69) is 191 Å². The standard InChI is InChI=1S/C58H39N5O/c1-64-45-16-12-15-40(34-45)54-28-25-41(35-59-54)46-17-4-5-18-47(46)42-31-43(48-19-6-8-21-50(48)52-36-60-62-55-23-10-2-13-38(55)26-29-57(52)62)33-44(32-42)49-20-7-9-22-51(49)53-37-61-63-56-24-11-3-14-39(56)27-30-58(53)63/h2-37H,1H3. The fourth-order valence-electron chi connectivity index (χ4n) is 9.34. The molecular formula is C58H39N5O. The molecule has 0 fully saturated rings. The predicted octanol–water partition coefficient (Wildman–Crippen LogP) is 14.4. The summed E-state index contributed by atoms with van der Waals surface area (Å²) < 4.78 is 9.62. The van der Waals surface area contributed by atoms with E-state index in [1.807, 2.05) is 36.8 Å². The summed E-state index contributed by atoms with van der Waals surface area (Å²) in [5.41, 5.74) is 19.3. The van der Waals surface area contributed by atoms with Gasteiger partial charge < -0.3 is 4.74 Å². The quantitative estimate of drug-likeness (QED) is 0.153. The Morgan fingerprint density at radius 2 is 0.797 bits per heavy atom. The predicted molar refractivity (Wildman–Crippen MR) is 261 cm³/mol. The Kier molecular flexibility index (Phi) is 8.94. The Morgan fingerprint density at radius 1 is 0.328 bits per heavy atom. The number of hydrogen-bond acceptors (Lipinski definition) is 4. The van der Waals surface area contributed by atoms with E-state index in [4.69, 9.17) is 19.9 Å². The third-order valence-corrected chi connectivity index (χ3v) is 12.5. The van der Waals surface area contributed by atoms with E-state index in [-0.39, 0.29) is 0 Å². The molecule has 0 saturated heterocycles. The molecule has 0 aliphatic rings. The molecule has 5 aromatic heterocycles. The van der Waals surface area contributed by atoms with Crippen LogP contribution in [-0.4, -0.2) is 31.3 Å². The van der Waals surface area contributed by atoms with Gasteiger partial charge in [-0.3, -0.25) is 4.98 Å². The second-order valence-corrected chi connectivity index (χ2v) is 16.1. The van der Waals surface area contributed by atoms with E-state index >= 15 is 0 Å². The molecule has 12 rings (SSSR count). The van der Waals surface area contributed by atoms with Crippen molar-refractivity contribution >= 4 is 32.8 Å². The van der Waals surface area contributed by atoms with Crippen LogP contribution in [0.3, 0.4) is 0 Å². The third kappa shape index (κ3) is 6.31. The maximum atomic E-state index is 5.51. The second-order valence-electron chi connectivity index (χ2n) is 16.1. The summed E-state index contributed by atoms with van der Waals surface area (Å²) in [4.78, 5) is 4.96. The number of pyridine rings is 3. The van der Waals surface area contributed by atoms with E-state index in [0.29, 0.717) is 0 Å². The number of ether oxygens (including phenoxy) is 1. The SMILES string of the molecule is COc1cccc(-c2ccc(-c3ccccc3-c3cc(-c4ccccc4-c4cnn5c4ccc4ccccc45)cc(-c4ccccc4-c4cnn5c4ccc4ccccc45)c3)cn2)c1. The molecule has 0 saturated carbocycles. The summed E-state index contributed by atoms with van der Waals surface area (Å²) in [5.74, 6) is 0.803. The van der Waals surface area contributed by atoms with Gasteiger partial charge in [0.1, 0.15) is 5.75 Å². The first-order valence-corrected chi connectivity index (χ1v) is 21.4. The Bertz CT molecular complexity index is 3560. The average molecular weight is 822 g/mol.